The van der Waals surface area contributed by atoms with Crippen LogP contribution in [-0.4, -0.2) is 31.1 Å². The van der Waals surface area contributed by atoms with E-state index in [-0.39, 0.29) is 12.4 Å². The molecule has 19 heavy (non-hydrogen) atoms. The fourth-order valence-electron chi connectivity index (χ4n) is 1.75. The predicted molar refractivity (Wildman–Crippen MR) is 77.0 cm³/mol. The molecule has 0 amide bonds. The fourth-order valence-corrected chi connectivity index (χ4v) is 1.90. The number of rotatable bonds is 5. The Morgan fingerprint density at radius 3 is 2.32 bits per heavy atom. The number of ketones is 1. The summed E-state index contributed by atoms with van der Waals surface area (Å²) >= 11 is 4.20. The first-order valence-electron chi connectivity index (χ1n) is 5.94. The zero-order valence-corrected chi connectivity index (χ0v) is 12.1. The number of aliphatic imine (C=N–C) groups is 1. The number of thiol groups is 1. The molecule has 1 atom stereocenters. The summed E-state index contributed by atoms with van der Waals surface area (Å²) in [5, 5.41) is 0. The highest BCUT2D eigenvalue weighted by molar-refractivity contribution is 7.80. The van der Waals surface area contributed by atoms with Crippen LogP contribution in [0.2, 0.25) is 0 Å². The maximum atomic E-state index is 11.9. The molecule has 0 aliphatic carbocycles. The molecule has 1 rings (SSSR count). The van der Waals surface area contributed by atoms with Gasteiger partial charge in [0.1, 0.15) is 5.78 Å². The minimum absolute atomic E-state index is 0.231. The van der Waals surface area contributed by atoms with Gasteiger partial charge in [0.2, 0.25) is 0 Å². The van der Waals surface area contributed by atoms with Crippen molar-refractivity contribution in [3.05, 3.63) is 29.8 Å². The lowest BCUT2D eigenvalue weighted by Gasteiger charge is -2.15. The van der Waals surface area contributed by atoms with Crippen LogP contribution >= 0.6 is 12.6 Å². The van der Waals surface area contributed by atoms with Crippen LogP contribution in [0.1, 0.15) is 19.4 Å². The molecule has 0 N–H and O–H groups in total. The van der Waals surface area contributed by atoms with Crippen LogP contribution in [0.15, 0.2) is 34.2 Å². The summed E-state index contributed by atoms with van der Waals surface area (Å²) in [5.74, 6) is -1.82. The lowest BCUT2D eigenvalue weighted by Crippen LogP contribution is -2.32. The average molecular weight is 279 g/mol. The van der Waals surface area contributed by atoms with E-state index in [0.717, 1.165) is 4.90 Å². The number of nitrogens with zero attached hydrogens (tertiary/aromatic N) is 1. The van der Waals surface area contributed by atoms with Crippen molar-refractivity contribution >= 4 is 30.1 Å². The molecule has 1 unspecified atom stereocenters. The van der Waals surface area contributed by atoms with Crippen LogP contribution in [0.25, 0.3) is 0 Å². The second-order valence-electron chi connectivity index (χ2n) is 3.95. The highest BCUT2D eigenvalue weighted by atomic mass is 32.1. The van der Waals surface area contributed by atoms with Crippen molar-refractivity contribution in [2.24, 2.45) is 10.9 Å². The van der Waals surface area contributed by atoms with Crippen LogP contribution in [0.5, 0.6) is 0 Å². The van der Waals surface area contributed by atoms with Gasteiger partial charge in [-0.3, -0.25) is 14.6 Å². The number of hydrogen-bond donors (Lipinski definition) is 1. The molecule has 0 heterocycles. The molecule has 1 aromatic carbocycles. The number of ether oxygens (including phenoxy) is 1. The van der Waals surface area contributed by atoms with Crippen molar-refractivity contribution in [3.8, 4) is 0 Å². The fraction of sp³-hybridized carbons (Fsp3) is 0.357. The van der Waals surface area contributed by atoms with Gasteiger partial charge in [0.05, 0.1) is 12.3 Å². The normalized spacial score (nSPS) is 12.9. The van der Waals surface area contributed by atoms with Gasteiger partial charge in [-0.15, -0.1) is 12.6 Å². The van der Waals surface area contributed by atoms with Crippen LogP contribution < -0.4 is 0 Å². The molecule has 0 saturated heterocycles. The summed E-state index contributed by atoms with van der Waals surface area (Å²) in [7, 11) is 1.55. The molecule has 0 fully saturated rings. The zero-order chi connectivity index (χ0) is 14.4. The smallest absolute Gasteiger partial charge is 0.322 e. The van der Waals surface area contributed by atoms with Gasteiger partial charge in [0.15, 0.2) is 5.92 Å². The Kier molecular flexibility index (Phi) is 5.76. The summed E-state index contributed by atoms with van der Waals surface area (Å²) in [6.45, 7) is 3.29. The Labute approximate surface area is 118 Å². The van der Waals surface area contributed by atoms with Gasteiger partial charge in [-0.1, -0.05) is 12.1 Å². The van der Waals surface area contributed by atoms with Gasteiger partial charge in [-0.25, -0.2) is 0 Å². The Hall–Kier alpha value is -1.62. The van der Waals surface area contributed by atoms with Crippen molar-refractivity contribution in [2.45, 2.75) is 18.7 Å². The van der Waals surface area contributed by atoms with Gasteiger partial charge in [-0.05, 0) is 31.5 Å². The topological polar surface area (TPSA) is 55.7 Å². The third-order valence-corrected chi connectivity index (χ3v) is 2.90. The van der Waals surface area contributed by atoms with Crippen molar-refractivity contribution < 1.29 is 14.3 Å². The molecule has 102 valence electrons. The molecule has 0 spiro atoms. The van der Waals surface area contributed by atoms with E-state index in [0.29, 0.717) is 11.3 Å². The Morgan fingerprint density at radius 2 is 1.89 bits per heavy atom. The number of benzene rings is 1. The second kappa shape index (κ2) is 7.09. The highest BCUT2D eigenvalue weighted by Gasteiger charge is 2.30. The van der Waals surface area contributed by atoms with E-state index in [9.17, 15) is 9.59 Å². The SMILES string of the molecule is CCOC(=O)C(C(C)=O)C(=NC)c1ccc(S)cc1. The molecule has 0 aliphatic heterocycles. The van der Waals surface area contributed by atoms with Gasteiger partial charge in [-0.2, -0.15) is 0 Å². The van der Waals surface area contributed by atoms with Gasteiger partial charge in [0.25, 0.3) is 0 Å². The van der Waals surface area contributed by atoms with Crippen molar-refractivity contribution in [1.29, 1.82) is 0 Å². The molecule has 0 bridgehead atoms. The molecular weight excluding hydrogens is 262 g/mol. The van der Waals surface area contributed by atoms with E-state index in [2.05, 4.69) is 17.6 Å². The van der Waals surface area contributed by atoms with Crippen molar-refractivity contribution in [3.63, 3.8) is 0 Å². The van der Waals surface area contributed by atoms with Crippen LogP contribution in [0, 0.1) is 5.92 Å². The van der Waals surface area contributed by atoms with E-state index in [4.69, 9.17) is 4.74 Å². The molecule has 1 aromatic rings. The van der Waals surface area contributed by atoms with E-state index in [1.54, 1.807) is 38.2 Å². The van der Waals surface area contributed by atoms with Gasteiger partial charge >= 0.3 is 5.97 Å². The predicted octanol–water partition coefficient (Wildman–Crippen LogP) is 2.16. The first kappa shape index (κ1) is 15.4. The van der Waals surface area contributed by atoms with E-state index in [1.165, 1.54) is 6.92 Å². The quantitative estimate of drug-likeness (QED) is 0.389. The minimum Gasteiger partial charge on any atom is -0.465 e. The third kappa shape index (κ3) is 3.92. The van der Waals surface area contributed by atoms with Gasteiger partial charge in [0, 0.05) is 11.9 Å². The molecule has 4 nitrogen and oxygen atoms in total. The molecule has 0 aliphatic rings. The third-order valence-electron chi connectivity index (χ3n) is 2.61. The van der Waals surface area contributed by atoms with Crippen LogP contribution in [-0.2, 0) is 14.3 Å². The highest BCUT2D eigenvalue weighted by Crippen LogP contribution is 2.16. The Bertz CT molecular complexity index is 494. The molecule has 5 heteroatoms. The summed E-state index contributed by atoms with van der Waals surface area (Å²) in [6.07, 6.45) is 0. The monoisotopic (exact) mass is 279 g/mol. The van der Waals surface area contributed by atoms with Crippen LogP contribution in [0.3, 0.4) is 0 Å². The Balaban J connectivity index is 3.15. The number of esters is 1. The first-order valence-corrected chi connectivity index (χ1v) is 6.39. The second-order valence-corrected chi connectivity index (χ2v) is 4.47. The lowest BCUT2D eigenvalue weighted by molar-refractivity contribution is -0.148. The van der Waals surface area contributed by atoms with E-state index >= 15 is 0 Å². The summed E-state index contributed by atoms with van der Waals surface area (Å²) < 4.78 is 4.94. The number of Topliss-reactive ketones (excluding diaryl/α,β-unsaturated/α-hetero) is 1. The summed E-state index contributed by atoms with van der Waals surface area (Å²) in [6, 6.07) is 7.12. The van der Waals surface area contributed by atoms with Gasteiger partial charge < -0.3 is 4.74 Å². The summed E-state index contributed by atoms with van der Waals surface area (Å²) in [5.41, 5.74) is 1.13. The maximum Gasteiger partial charge on any atom is 0.322 e. The molecular formula is C14H17NO3S. The maximum absolute atomic E-state index is 11.9. The number of carbonyl (C=O) groups excluding carboxylic acids is 2. The first-order chi connectivity index (χ1) is 9.01. The molecule has 0 saturated carbocycles. The van der Waals surface area contributed by atoms with Crippen molar-refractivity contribution in [2.75, 3.05) is 13.7 Å². The van der Waals surface area contributed by atoms with E-state index in [1.807, 2.05) is 0 Å². The zero-order valence-electron chi connectivity index (χ0n) is 11.2. The molecule has 0 aromatic heterocycles. The minimum atomic E-state index is -0.976. The lowest BCUT2D eigenvalue weighted by atomic mass is 9.93. The van der Waals surface area contributed by atoms with Crippen molar-refractivity contribution in [1.82, 2.24) is 0 Å². The van der Waals surface area contributed by atoms with Crippen LogP contribution in [0.4, 0.5) is 0 Å². The number of hydrogen-bond acceptors (Lipinski definition) is 5. The summed E-state index contributed by atoms with van der Waals surface area (Å²) in [4.78, 5) is 28.5. The van der Waals surface area contributed by atoms with E-state index < -0.39 is 11.9 Å². The molecule has 0 radical (unpaired) electrons. The average Bonchev–Trinajstić information content (AvgIpc) is 2.36. The Morgan fingerprint density at radius 1 is 1.32 bits per heavy atom. The largest absolute Gasteiger partial charge is 0.465 e. The standard InChI is InChI=1S/C14H17NO3S/c1-4-18-14(17)12(9(2)16)13(15-3)10-5-7-11(19)8-6-10/h5-8,12,19H,4H2,1-3H3. The number of carbonyl (C=O) groups is 2.